The van der Waals surface area contributed by atoms with Crippen LogP contribution in [0.2, 0.25) is 0 Å². The van der Waals surface area contributed by atoms with Gasteiger partial charge >= 0.3 is 17.8 Å². The van der Waals surface area contributed by atoms with Crippen LogP contribution in [0.1, 0.15) is 12.8 Å². The molecule has 2 heterocycles. The molecule has 0 aromatic carbocycles. The summed E-state index contributed by atoms with van der Waals surface area (Å²) in [5.41, 5.74) is -11.8. The van der Waals surface area contributed by atoms with E-state index in [1.807, 2.05) is 0 Å². The monoisotopic (exact) mass is 294 g/mol. The van der Waals surface area contributed by atoms with Gasteiger partial charge in [0.05, 0.1) is 6.10 Å². The number of hydrogen-bond donors (Lipinski definition) is 0. The van der Waals surface area contributed by atoms with E-state index in [1.54, 1.807) is 0 Å². The second-order valence-electron chi connectivity index (χ2n) is 5.76. The zero-order valence-corrected chi connectivity index (χ0v) is 9.00. The molecule has 0 radical (unpaired) electrons. The summed E-state index contributed by atoms with van der Waals surface area (Å²) in [5.74, 6) is -19.6. The van der Waals surface area contributed by atoms with Crippen LogP contribution in [0.5, 0.6) is 0 Å². The van der Waals surface area contributed by atoms with Crippen LogP contribution in [0.3, 0.4) is 0 Å². The third kappa shape index (κ3) is 0.671. The molecule has 19 heavy (non-hydrogen) atoms. The summed E-state index contributed by atoms with van der Waals surface area (Å²) in [6.45, 7) is 0. The van der Waals surface area contributed by atoms with Crippen LogP contribution in [0.15, 0.2) is 0 Å². The van der Waals surface area contributed by atoms with Gasteiger partial charge in [-0.2, -0.15) is 26.3 Å². The molecule has 3 bridgehead atoms. The number of fused-ring (bicyclic) bond motifs is 1. The maximum Gasteiger partial charge on any atom is 0.378 e. The van der Waals surface area contributed by atoms with Crippen molar-refractivity contribution in [2.24, 2.45) is 5.92 Å². The van der Waals surface area contributed by atoms with Crippen molar-refractivity contribution in [1.82, 2.24) is 0 Å². The van der Waals surface area contributed by atoms with E-state index in [2.05, 4.69) is 4.74 Å². The first kappa shape index (κ1) is 12.2. The van der Waals surface area contributed by atoms with Gasteiger partial charge in [-0.1, -0.05) is 0 Å². The molecule has 0 N–H and O–H groups in total. The lowest BCUT2D eigenvalue weighted by molar-refractivity contribution is -0.349. The molecule has 2 aliphatic heterocycles. The van der Waals surface area contributed by atoms with E-state index >= 15 is 0 Å². The third-order valence-electron chi connectivity index (χ3n) is 5.22. The second-order valence-corrected chi connectivity index (χ2v) is 5.76. The van der Waals surface area contributed by atoms with Crippen molar-refractivity contribution in [2.45, 2.75) is 53.7 Å². The number of ether oxygens (including phenoxy) is 1. The Bertz CT molecular complexity index is 498. The van der Waals surface area contributed by atoms with Crippen molar-refractivity contribution in [2.75, 3.05) is 0 Å². The van der Waals surface area contributed by atoms with Gasteiger partial charge in [0.25, 0.3) is 0 Å². The van der Waals surface area contributed by atoms with Gasteiger partial charge < -0.3 is 4.74 Å². The lowest BCUT2D eigenvalue weighted by Gasteiger charge is -2.55. The van der Waals surface area contributed by atoms with Gasteiger partial charge in [0.1, 0.15) is 5.60 Å². The van der Waals surface area contributed by atoms with E-state index in [4.69, 9.17) is 0 Å². The van der Waals surface area contributed by atoms with E-state index in [-0.39, 0.29) is 0 Å². The molecule has 0 aromatic rings. The van der Waals surface area contributed by atoms with E-state index in [1.165, 1.54) is 0 Å². The minimum atomic E-state index is -6.09. The van der Waals surface area contributed by atoms with Crippen LogP contribution in [-0.4, -0.2) is 40.8 Å². The Morgan fingerprint density at radius 1 is 0.737 bits per heavy atom. The van der Waals surface area contributed by atoms with Gasteiger partial charge in [-0.05, 0) is 6.42 Å². The lowest BCUT2D eigenvalue weighted by Crippen LogP contribution is -2.76. The molecule has 0 amide bonds. The molecule has 9 heteroatoms. The Hall–Kier alpha value is -0.600. The molecule has 1 nitrogen and oxygen atoms in total. The quantitative estimate of drug-likeness (QED) is 0.624. The molecule has 5 aliphatic rings. The second kappa shape index (κ2) is 2.37. The summed E-state index contributed by atoms with van der Waals surface area (Å²) in [5, 5.41) is 0. The van der Waals surface area contributed by atoms with E-state index in [0.717, 1.165) is 0 Å². The molecule has 108 valence electrons. The van der Waals surface area contributed by atoms with Gasteiger partial charge in [0.2, 0.25) is 11.3 Å². The molecular formula is C10H6F8O. The summed E-state index contributed by atoms with van der Waals surface area (Å²) < 4.78 is 114. The minimum Gasteiger partial charge on any atom is -0.367 e. The number of hydrogen-bond acceptors (Lipinski definition) is 1. The number of rotatable bonds is 0. The molecule has 5 unspecified atom stereocenters. The fraction of sp³-hybridized carbons (Fsp3) is 1.00. The number of halogens is 8. The Kier molecular flexibility index (Phi) is 1.52. The molecular weight excluding hydrogens is 288 g/mol. The SMILES string of the molecule is FC1(F)C(F)(F)C2(F)C3CC4(CC3O4)C2(F)C1(F)F. The Balaban J connectivity index is 2.07. The van der Waals surface area contributed by atoms with Crippen LogP contribution in [0.4, 0.5) is 35.1 Å². The molecule has 3 saturated carbocycles. The van der Waals surface area contributed by atoms with Crippen LogP contribution >= 0.6 is 0 Å². The lowest BCUT2D eigenvalue weighted by atomic mass is 9.67. The molecule has 2 saturated heterocycles. The normalized spacial score (nSPS) is 61.9. The zero-order valence-electron chi connectivity index (χ0n) is 9.00. The van der Waals surface area contributed by atoms with Crippen molar-refractivity contribution < 1.29 is 39.9 Å². The van der Waals surface area contributed by atoms with Crippen molar-refractivity contribution in [3.63, 3.8) is 0 Å². The fourth-order valence-electron chi connectivity index (χ4n) is 4.40. The highest BCUT2D eigenvalue weighted by Gasteiger charge is 3.09. The maximum atomic E-state index is 14.6. The Morgan fingerprint density at radius 2 is 1.26 bits per heavy atom. The van der Waals surface area contributed by atoms with Crippen molar-refractivity contribution >= 4 is 0 Å². The van der Waals surface area contributed by atoms with Crippen LogP contribution in [-0.2, 0) is 4.74 Å². The van der Waals surface area contributed by atoms with Gasteiger partial charge in [0.15, 0.2) is 0 Å². The predicted octanol–water partition coefficient (Wildman–Crippen LogP) is 2.88. The van der Waals surface area contributed by atoms with Crippen molar-refractivity contribution in [1.29, 1.82) is 0 Å². The Labute approximate surface area is 100 Å². The minimum absolute atomic E-state index is 0.429. The van der Waals surface area contributed by atoms with Crippen molar-refractivity contribution in [3.8, 4) is 0 Å². The molecule has 3 aliphatic carbocycles. The zero-order chi connectivity index (χ0) is 14.3. The smallest absolute Gasteiger partial charge is 0.367 e. The van der Waals surface area contributed by atoms with Crippen molar-refractivity contribution in [3.05, 3.63) is 0 Å². The average Bonchev–Trinajstić information content (AvgIpc) is 2.85. The highest BCUT2D eigenvalue weighted by molar-refractivity contribution is 5.46. The van der Waals surface area contributed by atoms with Crippen LogP contribution in [0.25, 0.3) is 0 Å². The first-order valence-electron chi connectivity index (χ1n) is 5.60. The average molecular weight is 294 g/mol. The standard InChI is InChI=1S/C10H6F8O/c11-6-3-1-5(2-4(3)19-5)7(6,12)9(15,16)10(17,18)8(6,13)14/h3-4H,1-2H2. The molecule has 0 aromatic heterocycles. The molecule has 5 rings (SSSR count). The first-order valence-corrected chi connectivity index (χ1v) is 5.60. The van der Waals surface area contributed by atoms with E-state index in [9.17, 15) is 35.1 Å². The maximum absolute atomic E-state index is 14.6. The van der Waals surface area contributed by atoms with Gasteiger partial charge in [-0.3, -0.25) is 0 Å². The van der Waals surface area contributed by atoms with E-state index < -0.39 is 59.6 Å². The molecule has 5 fully saturated rings. The largest absolute Gasteiger partial charge is 0.378 e. The molecule has 5 atom stereocenters. The highest BCUT2D eigenvalue weighted by atomic mass is 19.4. The predicted molar refractivity (Wildman–Crippen MR) is 42.8 cm³/mol. The van der Waals surface area contributed by atoms with Crippen LogP contribution in [0, 0.1) is 5.92 Å². The number of alkyl halides is 8. The molecule has 1 spiro atoms. The summed E-state index contributed by atoms with van der Waals surface area (Å²) >= 11 is 0. The summed E-state index contributed by atoms with van der Waals surface area (Å²) in [7, 11) is 0. The van der Waals surface area contributed by atoms with E-state index in [0.29, 0.717) is 0 Å². The highest BCUT2D eigenvalue weighted by Crippen LogP contribution is 2.84. The third-order valence-corrected chi connectivity index (χ3v) is 5.22. The summed E-state index contributed by atoms with van der Waals surface area (Å²) in [6, 6.07) is 0. The van der Waals surface area contributed by atoms with Crippen LogP contribution < -0.4 is 0 Å². The fourth-order valence-corrected chi connectivity index (χ4v) is 4.40. The Morgan fingerprint density at radius 3 is 1.74 bits per heavy atom. The summed E-state index contributed by atoms with van der Waals surface area (Å²) in [4.78, 5) is 0. The van der Waals surface area contributed by atoms with Gasteiger partial charge in [0, 0.05) is 12.3 Å². The summed E-state index contributed by atoms with van der Waals surface area (Å²) in [6.07, 6.45) is -2.34. The van der Waals surface area contributed by atoms with Gasteiger partial charge in [-0.15, -0.1) is 0 Å². The van der Waals surface area contributed by atoms with Gasteiger partial charge in [-0.25, -0.2) is 8.78 Å². The first-order chi connectivity index (χ1) is 8.41. The topological polar surface area (TPSA) is 9.23 Å².